The Kier molecular flexibility index (Phi) is 5.51. The standard InChI is InChI=1S/C16H15BrN2O2/c1-21-15-7-5-12(10-14(15)17)11-19-16(20)8-6-13-4-2-3-9-18-13/h2-10H,11H2,1H3,(H,19,20)/b8-6-. The van der Waals surface area contributed by atoms with E-state index in [0.717, 1.165) is 21.5 Å². The molecular formula is C16H15BrN2O2. The van der Waals surface area contributed by atoms with E-state index in [0.29, 0.717) is 6.54 Å². The van der Waals surface area contributed by atoms with E-state index in [2.05, 4.69) is 26.2 Å². The highest BCUT2D eigenvalue weighted by molar-refractivity contribution is 9.10. The molecule has 21 heavy (non-hydrogen) atoms. The van der Waals surface area contributed by atoms with E-state index in [1.54, 1.807) is 19.4 Å². The maximum absolute atomic E-state index is 11.7. The van der Waals surface area contributed by atoms with E-state index in [1.165, 1.54) is 6.08 Å². The summed E-state index contributed by atoms with van der Waals surface area (Å²) in [5.74, 6) is 0.604. The molecule has 108 valence electrons. The largest absolute Gasteiger partial charge is 0.496 e. The molecule has 1 aromatic heterocycles. The topological polar surface area (TPSA) is 51.2 Å². The zero-order chi connectivity index (χ0) is 15.1. The van der Waals surface area contributed by atoms with Crippen molar-refractivity contribution < 1.29 is 9.53 Å². The van der Waals surface area contributed by atoms with Gasteiger partial charge in [-0.2, -0.15) is 0 Å². The van der Waals surface area contributed by atoms with Gasteiger partial charge in [0.15, 0.2) is 0 Å². The predicted molar refractivity (Wildman–Crippen MR) is 85.8 cm³/mol. The summed E-state index contributed by atoms with van der Waals surface area (Å²) >= 11 is 3.42. The minimum atomic E-state index is -0.160. The minimum Gasteiger partial charge on any atom is -0.496 e. The Bertz CT molecular complexity index is 642. The van der Waals surface area contributed by atoms with Crippen molar-refractivity contribution >= 4 is 27.9 Å². The van der Waals surface area contributed by atoms with Crippen molar-refractivity contribution in [2.24, 2.45) is 0 Å². The number of hydrogen-bond donors (Lipinski definition) is 1. The second-order valence-corrected chi connectivity index (χ2v) is 5.13. The number of amides is 1. The first-order valence-electron chi connectivity index (χ1n) is 6.38. The van der Waals surface area contributed by atoms with Crippen LogP contribution in [0.15, 0.2) is 53.1 Å². The van der Waals surface area contributed by atoms with E-state index < -0.39 is 0 Å². The van der Waals surface area contributed by atoms with Crippen molar-refractivity contribution in [3.8, 4) is 5.75 Å². The molecule has 0 radical (unpaired) electrons. The Morgan fingerprint density at radius 3 is 2.90 bits per heavy atom. The fourth-order valence-corrected chi connectivity index (χ4v) is 2.29. The van der Waals surface area contributed by atoms with Gasteiger partial charge in [-0.05, 0) is 51.8 Å². The van der Waals surface area contributed by atoms with Crippen LogP contribution in [0.4, 0.5) is 0 Å². The van der Waals surface area contributed by atoms with E-state index in [4.69, 9.17) is 4.74 Å². The lowest BCUT2D eigenvalue weighted by atomic mass is 10.2. The lowest BCUT2D eigenvalue weighted by Gasteiger charge is -2.06. The Hall–Kier alpha value is -2.14. The zero-order valence-electron chi connectivity index (χ0n) is 11.5. The number of carbonyl (C=O) groups is 1. The normalized spacial score (nSPS) is 10.6. The van der Waals surface area contributed by atoms with Crippen LogP contribution in [0.3, 0.4) is 0 Å². The summed E-state index contributed by atoms with van der Waals surface area (Å²) in [6.45, 7) is 0.452. The van der Waals surface area contributed by atoms with Crippen LogP contribution >= 0.6 is 15.9 Å². The summed E-state index contributed by atoms with van der Waals surface area (Å²) in [4.78, 5) is 15.8. The molecule has 0 spiro atoms. The number of benzene rings is 1. The van der Waals surface area contributed by atoms with Gasteiger partial charge in [0.1, 0.15) is 5.75 Å². The summed E-state index contributed by atoms with van der Waals surface area (Å²) in [5.41, 5.74) is 1.74. The van der Waals surface area contributed by atoms with Gasteiger partial charge in [0.2, 0.25) is 5.91 Å². The van der Waals surface area contributed by atoms with E-state index >= 15 is 0 Å². The fraction of sp³-hybridized carbons (Fsp3) is 0.125. The lowest BCUT2D eigenvalue weighted by Crippen LogP contribution is -2.20. The number of hydrogen-bond acceptors (Lipinski definition) is 3. The minimum absolute atomic E-state index is 0.160. The monoisotopic (exact) mass is 346 g/mol. The Labute approximate surface area is 132 Å². The third-order valence-corrected chi connectivity index (χ3v) is 3.40. The highest BCUT2D eigenvalue weighted by Gasteiger charge is 2.02. The summed E-state index contributed by atoms with van der Waals surface area (Å²) in [6.07, 6.45) is 4.84. The molecule has 5 heteroatoms. The molecule has 2 aromatic rings. The highest BCUT2D eigenvalue weighted by Crippen LogP contribution is 2.25. The van der Waals surface area contributed by atoms with Crippen molar-refractivity contribution in [1.29, 1.82) is 0 Å². The number of carbonyl (C=O) groups excluding carboxylic acids is 1. The van der Waals surface area contributed by atoms with Crippen molar-refractivity contribution in [3.63, 3.8) is 0 Å². The molecule has 0 unspecified atom stereocenters. The van der Waals surface area contributed by atoms with Gasteiger partial charge in [-0.3, -0.25) is 9.78 Å². The van der Waals surface area contributed by atoms with Gasteiger partial charge in [-0.25, -0.2) is 0 Å². The second-order valence-electron chi connectivity index (χ2n) is 4.27. The molecule has 0 fully saturated rings. The van der Waals surface area contributed by atoms with Crippen molar-refractivity contribution in [2.45, 2.75) is 6.54 Å². The molecule has 0 atom stereocenters. The van der Waals surface area contributed by atoms with Gasteiger partial charge < -0.3 is 10.1 Å². The number of rotatable bonds is 5. The number of ether oxygens (including phenoxy) is 1. The molecule has 0 bridgehead atoms. The van der Waals surface area contributed by atoms with Crippen LogP contribution in [0.25, 0.3) is 6.08 Å². The molecule has 0 saturated carbocycles. The molecule has 0 aliphatic carbocycles. The van der Waals surface area contributed by atoms with Crippen LogP contribution in [0.2, 0.25) is 0 Å². The first-order chi connectivity index (χ1) is 10.2. The van der Waals surface area contributed by atoms with Gasteiger partial charge in [0.25, 0.3) is 0 Å². The van der Waals surface area contributed by atoms with Gasteiger partial charge >= 0.3 is 0 Å². The summed E-state index contributed by atoms with van der Waals surface area (Å²) < 4.78 is 6.02. The maximum Gasteiger partial charge on any atom is 0.244 e. The average Bonchev–Trinajstić information content (AvgIpc) is 2.52. The number of nitrogens with one attached hydrogen (secondary N) is 1. The van der Waals surface area contributed by atoms with Crippen LogP contribution in [-0.4, -0.2) is 18.0 Å². The Morgan fingerprint density at radius 1 is 1.38 bits per heavy atom. The van der Waals surface area contributed by atoms with Gasteiger partial charge in [0.05, 0.1) is 17.3 Å². The van der Waals surface area contributed by atoms with E-state index in [1.807, 2.05) is 36.4 Å². The maximum atomic E-state index is 11.7. The van der Waals surface area contributed by atoms with Crippen molar-refractivity contribution in [2.75, 3.05) is 7.11 Å². The summed E-state index contributed by atoms with van der Waals surface area (Å²) in [5, 5.41) is 2.82. The van der Waals surface area contributed by atoms with Gasteiger partial charge in [-0.15, -0.1) is 0 Å². The van der Waals surface area contributed by atoms with E-state index in [-0.39, 0.29) is 5.91 Å². The van der Waals surface area contributed by atoms with Crippen molar-refractivity contribution in [1.82, 2.24) is 10.3 Å². The molecule has 0 aliphatic heterocycles. The highest BCUT2D eigenvalue weighted by atomic mass is 79.9. The number of pyridine rings is 1. The summed E-state index contributed by atoms with van der Waals surface area (Å²) in [6, 6.07) is 11.2. The third-order valence-electron chi connectivity index (χ3n) is 2.78. The van der Waals surface area contributed by atoms with Crippen LogP contribution < -0.4 is 10.1 Å². The lowest BCUT2D eigenvalue weighted by molar-refractivity contribution is -0.116. The molecule has 0 aliphatic rings. The molecule has 0 saturated heterocycles. The number of aromatic nitrogens is 1. The van der Waals surface area contributed by atoms with Gasteiger partial charge in [-0.1, -0.05) is 12.1 Å². The number of nitrogens with zero attached hydrogens (tertiary/aromatic N) is 1. The number of methoxy groups -OCH3 is 1. The first kappa shape index (κ1) is 15.3. The molecule has 2 rings (SSSR count). The van der Waals surface area contributed by atoms with Crippen LogP contribution in [0, 0.1) is 0 Å². The predicted octanol–water partition coefficient (Wildman–Crippen LogP) is 3.18. The second kappa shape index (κ2) is 7.59. The quantitative estimate of drug-likeness (QED) is 0.846. The third kappa shape index (κ3) is 4.72. The zero-order valence-corrected chi connectivity index (χ0v) is 13.1. The molecule has 1 amide bonds. The number of halogens is 1. The molecule has 1 N–H and O–H groups in total. The molecule has 1 heterocycles. The first-order valence-corrected chi connectivity index (χ1v) is 7.17. The molecule has 1 aromatic carbocycles. The van der Waals surface area contributed by atoms with Crippen molar-refractivity contribution in [3.05, 3.63) is 64.4 Å². The SMILES string of the molecule is COc1ccc(CNC(=O)/C=C\c2ccccn2)cc1Br. The molecular weight excluding hydrogens is 332 g/mol. The average molecular weight is 347 g/mol. The van der Waals surface area contributed by atoms with E-state index in [9.17, 15) is 4.79 Å². The Morgan fingerprint density at radius 2 is 2.24 bits per heavy atom. The van der Waals surface area contributed by atoms with Crippen LogP contribution in [0.5, 0.6) is 5.75 Å². The van der Waals surface area contributed by atoms with Crippen LogP contribution in [-0.2, 0) is 11.3 Å². The molecule has 4 nitrogen and oxygen atoms in total. The summed E-state index contributed by atoms with van der Waals surface area (Å²) in [7, 11) is 1.62. The van der Waals surface area contributed by atoms with Crippen LogP contribution in [0.1, 0.15) is 11.3 Å². The smallest absolute Gasteiger partial charge is 0.244 e. The van der Waals surface area contributed by atoms with Gasteiger partial charge in [0, 0.05) is 18.8 Å². The fourth-order valence-electron chi connectivity index (χ4n) is 1.70. The Balaban J connectivity index is 1.89.